The number of carbonyl (C=O) groups excluding carboxylic acids is 1. The first-order valence-corrected chi connectivity index (χ1v) is 8.44. The minimum Gasteiger partial charge on any atom is -0.465 e. The van der Waals surface area contributed by atoms with Crippen LogP contribution in [-0.4, -0.2) is 21.5 Å². The van der Waals surface area contributed by atoms with Gasteiger partial charge in [0.05, 0.1) is 16.9 Å². The standard InChI is InChI=1S/C15H12BrFO4S/c1-9-3-5-11(6-4-9)22(19,20)13-8-10(16)7-12(17)14(13)15(18)21-2/h3-8H,1-2H3. The number of benzene rings is 2. The zero-order chi connectivity index (χ0) is 16.5. The number of hydrogen-bond donors (Lipinski definition) is 0. The fraction of sp³-hybridized carbons (Fsp3) is 0.133. The number of carbonyl (C=O) groups is 1. The molecule has 2 aromatic carbocycles. The summed E-state index contributed by atoms with van der Waals surface area (Å²) in [4.78, 5) is 11.3. The second kappa shape index (κ2) is 6.18. The average Bonchev–Trinajstić information content (AvgIpc) is 2.46. The summed E-state index contributed by atoms with van der Waals surface area (Å²) in [6, 6.07) is 8.26. The van der Waals surface area contributed by atoms with E-state index >= 15 is 0 Å². The smallest absolute Gasteiger partial charge is 0.342 e. The van der Waals surface area contributed by atoms with Crippen LogP contribution in [-0.2, 0) is 14.6 Å². The van der Waals surface area contributed by atoms with Crippen LogP contribution in [0.4, 0.5) is 4.39 Å². The Morgan fingerprint density at radius 2 is 1.77 bits per heavy atom. The molecule has 0 amide bonds. The Labute approximate surface area is 136 Å². The molecular formula is C15H12BrFO4S. The molecule has 116 valence electrons. The maximum Gasteiger partial charge on any atom is 0.342 e. The molecule has 0 fully saturated rings. The van der Waals surface area contributed by atoms with Crippen LogP contribution in [0.3, 0.4) is 0 Å². The van der Waals surface area contributed by atoms with Crippen molar-refractivity contribution in [3.8, 4) is 0 Å². The van der Waals surface area contributed by atoms with E-state index in [1.54, 1.807) is 12.1 Å². The maximum atomic E-state index is 14.1. The summed E-state index contributed by atoms with van der Waals surface area (Å²) < 4.78 is 44.2. The zero-order valence-electron chi connectivity index (χ0n) is 11.8. The lowest BCUT2D eigenvalue weighted by Crippen LogP contribution is -2.13. The monoisotopic (exact) mass is 386 g/mol. The van der Waals surface area contributed by atoms with E-state index in [0.717, 1.165) is 18.7 Å². The van der Waals surface area contributed by atoms with Crippen LogP contribution in [0.15, 0.2) is 50.7 Å². The van der Waals surface area contributed by atoms with Crippen molar-refractivity contribution in [2.45, 2.75) is 16.7 Å². The summed E-state index contributed by atoms with van der Waals surface area (Å²) in [7, 11) is -3.00. The second-order valence-corrected chi connectivity index (χ2v) is 7.40. The Balaban J connectivity index is 2.75. The number of hydrogen-bond acceptors (Lipinski definition) is 4. The van der Waals surface area contributed by atoms with E-state index in [4.69, 9.17) is 0 Å². The number of rotatable bonds is 3. The second-order valence-electron chi connectivity index (χ2n) is 4.57. The van der Waals surface area contributed by atoms with Gasteiger partial charge in [0.2, 0.25) is 9.84 Å². The quantitative estimate of drug-likeness (QED) is 0.757. The topological polar surface area (TPSA) is 60.4 Å². The molecule has 0 aromatic heterocycles. The molecule has 2 aromatic rings. The van der Waals surface area contributed by atoms with E-state index in [1.807, 2.05) is 6.92 Å². The first kappa shape index (κ1) is 16.6. The highest BCUT2D eigenvalue weighted by atomic mass is 79.9. The van der Waals surface area contributed by atoms with E-state index in [-0.39, 0.29) is 9.37 Å². The zero-order valence-corrected chi connectivity index (χ0v) is 14.2. The lowest BCUT2D eigenvalue weighted by molar-refractivity contribution is 0.0590. The summed E-state index contributed by atoms with van der Waals surface area (Å²) >= 11 is 3.04. The van der Waals surface area contributed by atoms with Gasteiger partial charge in [-0.2, -0.15) is 0 Å². The molecule has 2 rings (SSSR count). The van der Waals surface area contributed by atoms with Crippen molar-refractivity contribution in [2.24, 2.45) is 0 Å². The minimum atomic E-state index is -4.06. The van der Waals surface area contributed by atoms with Crippen LogP contribution in [0, 0.1) is 12.7 Å². The summed E-state index contributed by atoms with van der Waals surface area (Å²) in [6.45, 7) is 1.81. The highest BCUT2D eigenvalue weighted by Crippen LogP contribution is 2.30. The van der Waals surface area contributed by atoms with Crippen LogP contribution >= 0.6 is 15.9 Å². The van der Waals surface area contributed by atoms with Gasteiger partial charge in [-0.15, -0.1) is 0 Å². The molecule has 0 aliphatic rings. The molecule has 0 N–H and O–H groups in total. The van der Waals surface area contributed by atoms with Crippen LogP contribution in [0.2, 0.25) is 0 Å². The van der Waals surface area contributed by atoms with Gasteiger partial charge in [0.15, 0.2) is 0 Å². The fourth-order valence-electron chi connectivity index (χ4n) is 1.91. The summed E-state index contributed by atoms with van der Waals surface area (Å²) in [5.74, 6) is -2.01. The number of ether oxygens (including phenoxy) is 1. The lowest BCUT2D eigenvalue weighted by atomic mass is 10.2. The van der Waals surface area contributed by atoms with Gasteiger partial charge in [-0.05, 0) is 31.2 Å². The first-order chi connectivity index (χ1) is 10.3. The van der Waals surface area contributed by atoms with Gasteiger partial charge < -0.3 is 4.74 Å². The number of sulfone groups is 1. The van der Waals surface area contributed by atoms with E-state index in [2.05, 4.69) is 20.7 Å². The molecule has 0 bridgehead atoms. The highest BCUT2D eigenvalue weighted by molar-refractivity contribution is 9.10. The molecular weight excluding hydrogens is 375 g/mol. The Hall–Kier alpha value is -1.73. The molecule has 0 saturated heterocycles. The van der Waals surface area contributed by atoms with Crippen LogP contribution < -0.4 is 0 Å². The molecule has 7 heteroatoms. The minimum absolute atomic E-state index is 0.0271. The summed E-state index contributed by atoms with van der Waals surface area (Å²) in [5.41, 5.74) is 0.277. The number of methoxy groups -OCH3 is 1. The molecule has 0 heterocycles. The van der Waals surface area contributed by atoms with Crippen LogP contribution in [0.1, 0.15) is 15.9 Å². The Kier molecular flexibility index (Phi) is 4.67. The normalized spacial score (nSPS) is 11.3. The van der Waals surface area contributed by atoms with Crippen molar-refractivity contribution >= 4 is 31.7 Å². The summed E-state index contributed by atoms with van der Waals surface area (Å²) in [5, 5.41) is 0. The molecule has 0 aliphatic heterocycles. The fourth-order valence-corrected chi connectivity index (χ4v) is 3.97. The van der Waals surface area contributed by atoms with Crippen molar-refractivity contribution in [2.75, 3.05) is 7.11 Å². The molecule has 0 atom stereocenters. The number of aryl methyl sites for hydroxylation is 1. The largest absolute Gasteiger partial charge is 0.465 e. The predicted octanol–water partition coefficient (Wildman–Crippen LogP) is 3.52. The Morgan fingerprint density at radius 1 is 1.18 bits per heavy atom. The van der Waals surface area contributed by atoms with Crippen molar-refractivity contribution in [3.05, 3.63) is 57.8 Å². The predicted molar refractivity (Wildman–Crippen MR) is 82.1 cm³/mol. The number of halogens is 2. The van der Waals surface area contributed by atoms with Gasteiger partial charge in [-0.25, -0.2) is 17.6 Å². The van der Waals surface area contributed by atoms with Gasteiger partial charge in [0.1, 0.15) is 11.4 Å². The van der Waals surface area contributed by atoms with E-state index in [1.165, 1.54) is 18.2 Å². The van der Waals surface area contributed by atoms with Gasteiger partial charge in [-0.1, -0.05) is 33.6 Å². The highest BCUT2D eigenvalue weighted by Gasteiger charge is 2.28. The lowest BCUT2D eigenvalue weighted by Gasteiger charge is -2.11. The first-order valence-electron chi connectivity index (χ1n) is 6.16. The van der Waals surface area contributed by atoms with E-state index in [9.17, 15) is 17.6 Å². The van der Waals surface area contributed by atoms with Crippen molar-refractivity contribution < 1.29 is 22.3 Å². The maximum absolute atomic E-state index is 14.1. The van der Waals surface area contributed by atoms with E-state index in [0.29, 0.717) is 0 Å². The van der Waals surface area contributed by atoms with Gasteiger partial charge in [0.25, 0.3) is 0 Å². The SMILES string of the molecule is COC(=O)c1c(F)cc(Br)cc1S(=O)(=O)c1ccc(C)cc1. The third-order valence-corrected chi connectivity index (χ3v) is 5.28. The Morgan fingerprint density at radius 3 is 2.32 bits per heavy atom. The average molecular weight is 387 g/mol. The van der Waals surface area contributed by atoms with Gasteiger partial charge in [0, 0.05) is 4.47 Å². The molecule has 0 aliphatic carbocycles. The summed E-state index contributed by atoms with van der Waals surface area (Å²) in [6.07, 6.45) is 0. The van der Waals surface area contributed by atoms with Crippen molar-refractivity contribution in [1.29, 1.82) is 0 Å². The van der Waals surface area contributed by atoms with Crippen LogP contribution in [0.5, 0.6) is 0 Å². The van der Waals surface area contributed by atoms with Gasteiger partial charge in [-0.3, -0.25) is 0 Å². The van der Waals surface area contributed by atoms with E-state index < -0.39 is 32.1 Å². The third-order valence-electron chi connectivity index (χ3n) is 3.03. The molecule has 0 radical (unpaired) electrons. The molecule has 0 saturated carbocycles. The van der Waals surface area contributed by atoms with Crippen molar-refractivity contribution in [3.63, 3.8) is 0 Å². The van der Waals surface area contributed by atoms with Crippen LogP contribution in [0.25, 0.3) is 0 Å². The molecule has 4 nitrogen and oxygen atoms in total. The third kappa shape index (κ3) is 3.05. The molecule has 0 unspecified atom stereocenters. The Bertz CT molecular complexity index is 829. The molecule has 0 spiro atoms. The molecule has 22 heavy (non-hydrogen) atoms. The van der Waals surface area contributed by atoms with Gasteiger partial charge >= 0.3 is 5.97 Å². The number of esters is 1. The van der Waals surface area contributed by atoms with Crippen molar-refractivity contribution in [1.82, 2.24) is 0 Å².